The van der Waals surface area contributed by atoms with Gasteiger partial charge in [0, 0.05) is 43.7 Å². The van der Waals surface area contributed by atoms with Crippen molar-refractivity contribution in [2.75, 3.05) is 46.0 Å². The van der Waals surface area contributed by atoms with Crippen LogP contribution in [0.15, 0.2) is 41.3 Å². The van der Waals surface area contributed by atoms with Crippen LogP contribution in [0.4, 0.5) is 8.78 Å². The molecule has 0 radical (unpaired) electrons. The fraction of sp³-hybridized carbons (Fsp3) is 0.346. The average molecular weight is 549 g/mol. The number of aliphatic carboxylic acids is 1. The molecule has 11 heteroatoms. The van der Waals surface area contributed by atoms with Crippen LogP contribution in [0, 0.1) is 11.6 Å². The highest BCUT2D eigenvalue weighted by molar-refractivity contribution is 8.26. The van der Waals surface area contributed by atoms with Gasteiger partial charge in [0.1, 0.15) is 28.3 Å². The molecule has 196 valence electrons. The number of carboxylic acid groups (broad SMARTS) is 1. The van der Waals surface area contributed by atoms with Gasteiger partial charge in [0.2, 0.25) is 0 Å². The number of hydrogen-bond acceptors (Lipinski definition) is 7. The molecule has 0 bridgehead atoms. The molecule has 37 heavy (non-hydrogen) atoms. The van der Waals surface area contributed by atoms with Gasteiger partial charge in [0.15, 0.2) is 0 Å². The Labute approximate surface area is 223 Å². The SMILES string of the molecule is O=C(O)CCCN1C(=O)/C(=C/c2cc(-c3cc(F)ccc3F)ccc2OCCN2CCOCC2)SC1=S. The van der Waals surface area contributed by atoms with E-state index in [-0.39, 0.29) is 30.9 Å². The minimum absolute atomic E-state index is 0.0709. The van der Waals surface area contributed by atoms with Crippen molar-refractivity contribution in [2.45, 2.75) is 12.8 Å². The number of hydrogen-bond donors (Lipinski definition) is 1. The molecule has 2 aliphatic rings. The summed E-state index contributed by atoms with van der Waals surface area (Å²) in [5, 5.41) is 8.88. The number of rotatable bonds is 10. The number of thioether (sulfide) groups is 1. The molecule has 2 aromatic rings. The predicted molar refractivity (Wildman–Crippen MR) is 141 cm³/mol. The lowest BCUT2D eigenvalue weighted by atomic mass is 10.0. The average Bonchev–Trinajstić information content (AvgIpc) is 3.14. The predicted octanol–water partition coefficient (Wildman–Crippen LogP) is 4.41. The van der Waals surface area contributed by atoms with Crippen molar-refractivity contribution in [1.82, 2.24) is 9.80 Å². The summed E-state index contributed by atoms with van der Waals surface area (Å²) in [5.41, 5.74) is 1.05. The molecule has 0 spiro atoms. The Bertz CT molecular complexity index is 1220. The Balaban J connectivity index is 1.59. The molecule has 2 aliphatic heterocycles. The number of ether oxygens (including phenoxy) is 2. The number of carbonyl (C=O) groups is 2. The second-order valence-electron chi connectivity index (χ2n) is 8.51. The van der Waals surface area contributed by atoms with Crippen LogP contribution in [0.1, 0.15) is 18.4 Å². The summed E-state index contributed by atoms with van der Waals surface area (Å²) in [6.45, 7) is 4.27. The summed E-state index contributed by atoms with van der Waals surface area (Å²) in [4.78, 5) is 27.8. The summed E-state index contributed by atoms with van der Waals surface area (Å²) in [6, 6.07) is 8.22. The summed E-state index contributed by atoms with van der Waals surface area (Å²) >= 11 is 6.45. The Kier molecular flexibility index (Phi) is 9.25. The quantitative estimate of drug-likeness (QED) is 0.346. The molecule has 2 heterocycles. The van der Waals surface area contributed by atoms with Crippen LogP contribution >= 0.6 is 24.0 Å². The lowest BCUT2D eigenvalue weighted by Gasteiger charge is -2.26. The number of amides is 1. The fourth-order valence-corrected chi connectivity index (χ4v) is 5.31. The van der Waals surface area contributed by atoms with Crippen LogP contribution in [0.3, 0.4) is 0 Å². The Morgan fingerprint density at radius 1 is 1.16 bits per heavy atom. The second kappa shape index (κ2) is 12.6. The molecule has 2 aromatic carbocycles. The van der Waals surface area contributed by atoms with Gasteiger partial charge >= 0.3 is 5.97 Å². The van der Waals surface area contributed by atoms with Gasteiger partial charge in [-0.2, -0.15) is 0 Å². The van der Waals surface area contributed by atoms with Crippen LogP contribution < -0.4 is 4.74 Å². The zero-order chi connectivity index (χ0) is 26.4. The monoisotopic (exact) mass is 548 g/mol. The molecule has 2 fully saturated rings. The Hall–Kier alpha value is -2.86. The molecule has 0 aromatic heterocycles. The summed E-state index contributed by atoms with van der Waals surface area (Å²) < 4.78 is 40.1. The number of carbonyl (C=O) groups excluding carboxylic acids is 1. The van der Waals surface area contributed by atoms with E-state index < -0.39 is 17.6 Å². The first kappa shape index (κ1) is 27.2. The van der Waals surface area contributed by atoms with Crippen molar-refractivity contribution in [3.05, 3.63) is 58.5 Å². The number of carboxylic acids is 1. The molecule has 7 nitrogen and oxygen atoms in total. The maximum atomic E-state index is 14.5. The van der Waals surface area contributed by atoms with Gasteiger partial charge in [0.25, 0.3) is 5.91 Å². The van der Waals surface area contributed by atoms with Crippen LogP contribution in [-0.4, -0.2) is 77.1 Å². The van der Waals surface area contributed by atoms with Crippen molar-refractivity contribution in [3.8, 4) is 16.9 Å². The minimum Gasteiger partial charge on any atom is -0.492 e. The number of halogens is 2. The highest BCUT2D eigenvalue weighted by atomic mass is 32.2. The first-order valence-electron chi connectivity index (χ1n) is 11.8. The van der Waals surface area contributed by atoms with Crippen LogP contribution in [0.2, 0.25) is 0 Å². The molecule has 0 unspecified atom stereocenters. The number of benzene rings is 2. The van der Waals surface area contributed by atoms with Crippen molar-refractivity contribution < 1.29 is 33.0 Å². The first-order valence-corrected chi connectivity index (χ1v) is 13.0. The highest BCUT2D eigenvalue weighted by Gasteiger charge is 2.32. The van der Waals surface area contributed by atoms with Crippen molar-refractivity contribution >= 4 is 46.3 Å². The van der Waals surface area contributed by atoms with Crippen LogP contribution in [-0.2, 0) is 14.3 Å². The standard InChI is InChI=1S/C26H26F2N2O5S2/c27-19-4-5-21(28)20(16-19)17-3-6-22(35-13-10-29-8-11-34-12-9-29)18(14-17)15-23-25(33)30(26(36)37-23)7-1-2-24(31)32/h3-6,14-16H,1-2,7-13H2,(H,31,32)/b23-15-. The van der Waals surface area contributed by atoms with E-state index in [9.17, 15) is 18.4 Å². The molecular weight excluding hydrogens is 522 g/mol. The van der Waals surface area contributed by atoms with Gasteiger partial charge < -0.3 is 14.6 Å². The lowest BCUT2D eigenvalue weighted by molar-refractivity contribution is -0.137. The van der Waals surface area contributed by atoms with Gasteiger partial charge in [-0.1, -0.05) is 30.0 Å². The van der Waals surface area contributed by atoms with Crippen LogP contribution in [0.25, 0.3) is 17.2 Å². The Morgan fingerprint density at radius 2 is 1.95 bits per heavy atom. The fourth-order valence-electron chi connectivity index (χ4n) is 4.01. The normalized spacial score (nSPS) is 17.6. The summed E-state index contributed by atoms with van der Waals surface area (Å²) in [7, 11) is 0. The van der Waals surface area contributed by atoms with E-state index in [0.29, 0.717) is 52.5 Å². The highest BCUT2D eigenvalue weighted by Crippen LogP contribution is 2.36. The van der Waals surface area contributed by atoms with E-state index in [4.69, 9.17) is 26.8 Å². The molecule has 0 atom stereocenters. The van der Waals surface area contributed by atoms with Gasteiger partial charge in [-0.15, -0.1) is 0 Å². The van der Waals surface area contributed by atoms with E-state index in [0.717, 1.165) is 43.1 Å². The first-order chi connectivity index (χ1) is 17.8. The maximum Gasteiger partial charge on any atom is 0.303 e. The van der Waals surface area contributed by atoms with E-state index in [2.05, 4.69) is 4.90 Å². The second-order valence-corrected chi connectivity index (χ2v) is 10.2. The van der Waals surface area contributed by atoms with E-state index in [1.165, 1.54) is 4.90 Å². The molecular formula is C26H26F2N2O5S2. The molecule has 4 rings (SSSR count). The zero-order valence-corrected chi connectivity index (χ0v) is 21.6. The smallest absolute Gasteiger partial charge is 0.303 e. The van der Waals surface area contributed by atoms with Gasteiger partial charge in [0.05, 0.1) is 18.1 Å². The molecule has 2 saturated heterocycles. The van der Waals surface area contributed by atoms with Crippen LogP contribution in [0.5, 0.6) is 5.75 Å². The number of thiocarbonyl (C=S) groups is 1. The van der Waals surface area contributed by atoms with Gasteiger partial charge in [-0.3, -0.25) is 19.4 Å². The summed E-state index contributed by atoms with van der Waals surface area (Å²) in [6.07, 6.45) is 1.83. The molecule has 1 amide bonds. The topological polar surface area (TPSA) is 79.3 Å². The van der Waals surface area contributed by atoms with E-state index in [1.54, 1.807) is 24.3 Å². The molecule has 0 saturated carbocycles. The third kappa shape index (κ3) is 7.13. The van der Waals surface area contributed by atoms with Crippen molar-refractivity contribution in [2.24, 2.45) is 0 Å². The largest absolute Gasteiger partial charge is 0.492 e. The maximum absolute atomic E-state index is 14.5. The number of nitrogens with zero attached hydrogens (tertiary/aromatic N) is 2. The van der Waals surface area contributed by atoms with E-state index in [1.807, 2.05) is 0 Å². The molecule has 1 N–H and O–H groups in total. The molecule has 0 aliphatic carbocycles. The van der Waals surface area contributed by atoms with Gasteiger partial charge in [-0.05, 0) is 48.4 Å². The zero-order valence-electron chi connectivity index (χ0n) is 20.0. The van der Waals surface area contributed by atoms with Gasteiger partial charge in [-0.25, -0.2) is 8.78 Å². The third-order valence-electron chi connectivity index (χ3n) is 5.95. The lowest BCUT2D eigenvalue weighted by Crippen LogP contribution is -2.38. The minimum atomic E-state index is -0.943. The number of morpholine rings is 1. The van der Waals surface area contributed by atoms with Crippen molar-refractivity contribution in [3.63, 3.8) is 0 Å². The Morgan fingerprint density at radius 3 is 2.70 bits per heavy atom. The van der Waals surface area contributed by atoms with E-state index >= 15 is 0 Å². The summed E-state index contributed by atoms with van der Waals surface area (Å²) in [5.74, 6) is -1.92. The third-order valence-corrected chi connectivity index (χ3v) is 7.33. The van der Waals surface area contributed by atoms with Crippen molar-refractivity contribution in [1.29, 1.82) is 0 Å².